The molecule has 0 N–H and O–H groups in total. The third-order valence-electron chi connectivity index (χ3n) is 3.64. The van der Waals surface area contributed by atoms with Crippen LogP contribution in [-0.4, -0.2) is 36.9 Å². The molecular formula is C14H20NO+. The molecule has 2 rings (SSSR count). The Kier molecular flexibility index (Phi) is 3.39. The van der Waals surface area contributed by atoms with Gasteiger partial charge in [0.15, 0.2) is 0 Å². The van der Waals surface area contributed by atoms with Crippen molar-refractivity contribution in [1.29, 1.82) is 0 Å². The van der Waals surface area contributed by atoms with E-state index >= 15 is 0 Å². The normalized spacial score (nSPS) is 19.7. The number of piperidine rings is 1. The minimum absolute atomic E-state index is 0.440. The molecule has 1 fully saturated rings. The van der Waals surface area contributed by atoms with Gasteiger partial charge in [-0.05, 0) is 5.56 Å². The molecule has 1 aliphatic rings. The van der Waals surface area contributed by atoms with Crippen molar-refractivity contribution >= 4 is 5.78 Å². The summed E-state index contributed by atoms with van der Waals surface area (Å²) in [6.07, 6.45) is 2.65. The van der Waals surface area contributed by atoms with Crippen molar-refractivity contribution in [2.45, 2.75) is 19.3 Å². The van der Waals surface area contributed by atoms with Crippen molar-refractivity contribution in [2.75, 3.05) is 26.7 Å². The lowest BCUT2D eigenvalue weighted by Gasteiger charge is -2.37. The molecule has 16 heavy (non-hydrogen) atoms. The molecule has 0 bridgehead atoms. The van der Waals surface area contributed by atoms with Gasteiger partial charge in [-0.1, -0.05) is 30.3 Å². The number of rotatable bonds is 3. The summed E-state index contributed by atoms with van der Waals surface area (Å²) in [6, 6.07) is 10.6. The predicted octanol–water partition coefficient (Wildman–Crippen LogP) is 2.04. The Bertz CT molecular complexity index is 348. The topological polar surface area (TPSA) is 17.1 Å². The van der Waals surface area contributed by atoms with Gasteiger partial charge in [0.05, 0.1) is 39.5 Å². The third kappa shape index (κ3) is 2.92. The highest BCUT2D eigenvalue weighted by Crippen LogP contribution is 2.15. The molecule has 0 unspecified atom stereocenters. The van der Waals surface area contributed by atoms with Crippen molar-refractivity contribution in [3.8, 4) is 0 Å². The molecule has 0 aliphatic carbocycles. The molecule has 0 saturated carbocycles. The quantitative estimate of drug-likeness (QED) is 0.710. The van der Waals surface area contributed by atoms with Crippen LogP contribution in [0.25, 0.3) is 0 Å². The van der Waals surface area contributed by atoms with E-state index in [0.717, 1.165) is 43.4 Å². The average molecular weight is 218 g/mol. The van der Waals surface area contributed by atoms with Gasteiger partial charge >= 0.3 is 0 Å². The van der Waals surface area contributed by atoms with Gasteiger partial charge < -0.3 is 4.48 Å². The molecule has 0 amide bonds. The molecule has 0 radical (unpaired) electrons. The number of Topliss-reactive ketones (excluding diaryl/α,β-unsaturated/α-hetero) is 1. The van der Waals surface area contributed by atoms with Crippen LogP contribution in [0.15, 0.2) is 30.3 Å². The van der Waals surface area contributed by atoms with Crippen molar-refractivity contribution in [1.82, 2.24) is 0 Å². The Morgan fingerprint density at radius 3 is 2.38 bits per heavy atom. The maximum atomic E-state index is 11.2. The van der Waals surface area contributed by atoms with E-state index in [-0.39, 0.29) is 0 Å². The SMILES string of the molecule is C[N+]1(CCc2ccccc2)CCC(=O)CC1. The van der Waals surface area contributed by atoms with Gasteiger partial charge in [0.2, 0.25) is 0 Å². The van der Waals surface area contributed by atoms with Crippen LogP contribution in [0.2, 0.25) is 0 Å². The van der Waals surface area contributed by atoms with Crippen molar-refractivity contribution < 1.29 is 9.28 Å². The lowest BCUT2D eigenvalue weighted by atomic mass is 10.1. The molecule has 0 spiro atoms. The fourth-order valence-corrected chi connectivity index (χ4v) is 2.29. The van der Waals surface area contributed by atoms with Gasteiger partial charge in [-0.25, -0.2) is 0 Å². The number of ketones is 1. The molecule has 1 heterocycles. The fourth-order valence-electron chi connectivity index (χ4n) is 2.29. The summed E-state index contributed by atoms with van der Waals surface area (Å²) in [5.41, 5.74) is 1.40. The van der Waals surface area contributed by atoms with Crippen LogP contribution in [-0.2, 0) is 11.2 Å². The molecule has 0 aromatic heterocycles. The lowest BCUT2D eigenvalue weighted by Crippen LogP contribution is -2.51. The van der Waals surface area contributed by atoms with E-state index in [2.05, 4.69) is 37.4 Å². The van der Waals surface area contributed by atoms with E-state index in [1.165, 1.54) is 5.56 Å². The van der Waals surface area contributed by atoms with Crippen LogP contribution in [0.5, 0.6) is 0 Å². The number of likely N-dealkylation sites (N-methyl/N-ethyl adjacent to an activating group) is 1. The van der Waals surface area contributed by atoms with Crippen LogP contribution < -0.4 is 0 Å². The fraction of sp³-hybridized carbons (Fsp3) is 0.500. The number of benzene rings is 1. The molecule has 86 valence electrons. The molecule has 1 aromatic carbocycles. The maximum Gasteiger partial charge on any atom is 0.144 e. The largest absolute Gasteiger partial charge is 0.325 e. The summed E-state index contributed by atoms with van der Waals surface area (Å²) < 4.78 is 1.06. The number of quaternary nitrogens is 1. The molecule has 2 heteroatoms. The van der Waals surface area contributed by atoms with Crippen LogP contribution >= 0.6 is 0 Å². The van der Waals surface area contributed by atoms with E-state index < -0.39 is 0 Å². The third-order valence-corrected chi connectivity index (χ3v) is 3.64. The summed E-state index contributed by atoms with van der Waals surface area (Å²) in [5, 5.41) is 0. The first-order valence-electron chi connectivity index (χ1n) is 6.07. The highest BCUT2D eigenvalue weighted by Gasteiger charge is 2.27. The first-order chi connectivity index (χ1) is 7.68. The predicted molar refractivity (Wildman–Crippen MR) is 65.2 cm³/mol. The summed E-state index contributed by atoms with van der Waals surface area (Å²) >= 11 is 0. The monoisotopic (exact) mass is 218 g/mol. The number of nitrogens with zero attached hydrogens (tertiary/aromatic N) is 1. The van der Waals surface area contributed by atoms with E-state index in [1.807, 2.05) is 0 Å². The summed E-state index contributed by atoms with van der Waals surface area (Å²) in [7, 11) is 2.27. The van der Waals surface area contributed by atoms with E-state index in [0.29, 0.717) is 5.78 Å². The molecular weight excluding hydrogens is 198 g/mol. The van der Waals surface area contributed by atoms with Gasteiger partial charge in [0.25, 0.3) is 0 Å². The Morgan fingerprint density at radius 2 is 1.75 bits per heavy atom. The Hall–Kier alpha value is -1.15. The van der Waals surface area contributed by atoms with Crippen LogP contribution in [0.3, 0.4) is 0 Å². The zero-order chi connectivity index (χ0) is 11.4. The molecule has 0 atom stereocenters. The lowest BCUT2D eigenvalue weighted by molar-refractivity contribution is -0.910. The zero-order valence-electron chi connectivity index (χ0n) is 9.98. The first-order valence-corrected chi connectivity index (χ1v) is 6.07. The van der Waals surface area contributed by atoms with Crippen LogP contribution in [0, 0.1) is 0 Å². The highest BCUT2D eigenvalue weighted by molar-refractivity contribution is 5.78. The molecule has 2 nitrogen and oxygen atoms in total. The summed E-state index contributed by atoms with van der Waals surface area (Å²) in [5.74, 6) is 0.440. The van der Waals surface area contributed by atoms with Gasteiger partial charge in [0, 0.05) is 6.42 Å². The molecule has 1 saturated heterocycles. The molecule has 1 aliphatic heterocycles. The van der Waals surface area contributed by atoms with Crippen molar-refractivity contribution in [3.05, 3.63) is 35.9 Å². The van der Waals surface area contributed by atoms with Gasteiger partial charge in [-0.3, -0.25) is 4.79 Å². The number of hydrogen-bond donors (Lipinski definition) is 0. The minimum atomic E-state index is 0.440. The number of carbonyl (C=O) groups excluding carboxylic acids is 1. The number of hydrogen-bond acceptors (Lipinski definition) is 1. The van der Waals surface area contributed by atoms with Gasteiger partial charge in [0.1, 0.15) is 5.78 Å². The van der Waals surface area contributed by atoms with Gasteiger partial charge in [-0.2, -0.15) is 0 Å². The van der Waals surface area contributed by atoms with E-state index in [4.69, 9.17) is 0 Å². The molecule has 1 aromatic rings. The Labute approximate surface area is 97.5 Å². The second-order valence-corrected chi connectivity index (χ2v) is 5.06. The van der Waals surface area contributed by atoms with E-state index in [1.54, 1.807) is 0 Å². The van der Waals surface area contributed by atoms with Gasteiger partial charge in [-0.15, -0.1) is 0 Å². The standard InChI is InChI=1S/C14H20NO/c1-15(11-8-14(16)9-12-15)10-7-13-5-3-2-4-6-13/h2-6H,7-12H2,1H3/q+1. The van der Waals surface area contributed by atoms with Crippen LogP contribution in [0.4, 0.5) is 0 Å². The van der Waals surface area contributed by atoms with E-state index in [9.17, 15) is 4.79 Å². The van der Waals surface area contributed by atoms with Crippen molar-refractivity contribution in [2.24, 2.45) is 0 Å². The maximum absolute atomic E-state index is 11.2. The number of likely N-dealkylation sites (tertiary alicyclic amines) is 1. The Morgan fingerprint density at radius 1 is 1.12 bits per heavy atom. The Balaban J connectivity index is 1.88. The first kappa shape index (κ1) is 11.3. The second-order valence-electron chi connectivity index (χ2n) is 5.06. The van der Waals surface area contributed by atoms with Crippen molar-refractivity contribution in [3.63, 3.8) is 0 Å². The average Bonchev–Trinajstić information content (AvgIpc) is 2.33. The number of carbonyl (C=O) groups is 1. The minimum Gasteiger partial charge on any atom is -0.325 e. The zero-order valence-corrected chi connectivity index (χ0v) is 9.98. The second kappa shape index (κ2) is 4.79. The smallest absolute Gasteiger partial charge is 0.144 e. The van der Waals surface area contributed by atoms with Crippen LogP contribution in [0.1, 0.15) is 18.4 Å². The summed E-state index contributed by atoms with van der Waals surface area (Å²) in [6.45, 7) is 3.19. The summed E-state index contributed by atoms with van der Waals surface area (Å²) in [4.78, 5) is 11.2. The highest BCUT2D eigenvalue weighted by atomic mass is 16.1.